The molecule has 2 aromatic carbocycles. The summed E-state index contributed by atoms with van der Waals surface area (Å²) in [6, 6.07) is 1.77. The van der Waals surface area contributed by atoms with Crippen LogP contribution >= 0.6 is 0 Å². The second-order valence-electron chi connectivity index (χ2n) is 5.93. The van der Waals surface area contributed by atoms with Gasteiger partial charge >= 0.3 is 18.5 Å². The average molecular weight is 458 g/mol. The Hall–Kier alpha value is -3.20. The molecule has 2 rings (SSSR count). The summed E-state index contributed by atoms with van der Waals surface area (Å²) in [6.07, 6.45) is -10.4. The van der Waals surface area contributed by atoms with Gasteiger partial charge in [-0.3, -0.25) is 0 Å². The molecule has 0 spiro atoms. The highest BCUT2D eigenvalue weighted by atomic mass is 19.4. The van der Waals surface area contributed by atoms with Gasteiger partial charge < -0.3 is 29.5 Å². The standard InChI is InChI=1S/C16H10BF7O7/c17-15(27,28)31-12-3-6(30-16(22,23)24)1-2-10(12)29-11-5-8(14(19,20)21)9(18)4-7(11)13(25)26/h1-5,27-28H,17H2,(H,25,26). The van der Waals surface area contributed by atoms with Crippen LogP contribution in [0.4, 0.5) is 30.7 Å². The zero-order valence-corrected chi connectivity index (χ0v) is 15.0. The van der Waals surface area contributed by atoms with Crippen LogP contribution in [0.2, 0.25) is 0 Å². The molecule has 0 bridgehead atoms. The van der Waals surface area contributed by atoms with E-state index in [4.69, 9.17) is 9.84 Å². The van der Waals surface area contributed by atoms with Crippen LogP contribution in [0.3, 0.4) is 0 Å². The number of alkyl halides is 6. The molecule has 0 saturated carbocycles. The number of carboxylic acids is 1. The van der Waals surface area contributed by atoms with Crippen molar-refractivity contribution in [1.29, 1.82) is 0 Å². The second kappa shape index (κ2) is 8.15. The SMILES string of the molecule is BC(O)(O)Oc1cc(OC(F)(F)F)ccc1Oc1cc(C(F)(F)F)c(F)cc1C(=O)O. The maximum absolute atomic E-state index is 13.7. The molecule has 0 heterocycles. The minimum Gasteiger partial charge on any atom is -0.478 e. The molecule has 0 aliphatic carbocycles. The third-order valence-corrected chi connectivity index (χ3v) is 3.28. The van der Waals surface area contributed by atoms with Crippen molar-refractivity contribution in [1.82, 2.24) is 0 Å². The molecule has 0 radical (unpaired) electrons. The molecule has 0 unspecified atom stereocenters. The molecule has 168 valence electrons. The quantitative estimate of drug-likeness (QED) is 0.348. The minimum absolute atomic E-state index is 0.0137. The number of benzene rings is 2. The van der Waals surface area contributed by atoms with Crippen LogP contribution in [0.25, 0.3) is 0 Å². The molecule has 0 amide bonds. The molecule has 0 atom stereocenters. The predicted octanol–water partition coefficient (Wildman–Crippen LogP) is 2.84. The van der Waals surface area contributed by atoms with E-state index in [2.05, 4.69) is 9.47 Å². The van der Waals surface area contributed by atoms with E-state index in [-0.39, 0.29) is 12.1 Å². The molecule has 0 aliphatic rings. The van der Waals surface area contributed by atoms with E-state index in [0.29, 0.717) is 26.0 Å². The van der Waals surface area contributed by atoms with E-state index in [1.807, 2.05) is 0 Å². The van der Waals surface area contributed by atoms with Gasteiger partial charge in [-0.2, -0.15) is 13.2 Å². The zero-order chi connectivity index (χ0) is 23.8. The van der Waals surface area contributed by atoms with Crippen molar-refractivity contribution < 1.29 is 65.1 Å². The fraction of sp³-hybridized carbons (Fsp3) is 0.188. The summed E-state index contributed by atoms with van der Waals surface area (Å²) in [6.45, 7) is 0. The number of halogens is 7. The predicted molar refractivity (Wildman–Crippen MR) is 87.9 cm³/mol. The van der Waals surface area contributed by atoms with Gasteiger partial charge in [0, 0.05) is 6.07 Å². The largest absolute Gasteiger partial charge is 0.573 e. The first-order valence-electron chi connectivity index (χ1n) is 7.82. The van der Waals surface area contributed by atoms with Crippen LogP contribution in [0.1, 0.15) is 15.9 Å². The number of carboxylic acid groups (broad SMARTS) is 1. The minimum atomic E-state index is -5.24. The van der Waals surface area contributed by atoms with E-state index in [1.165, 1.54) is 0 Å². The van der Waals surface area contributed by atoms with Crippen molar-refractivity contribution in [2.24, 2.45) is 0 Å². The molecule has 0 saturated heterocycles. The van der Waals surface area contributed by atoms with Crippen molar-refractivity contribution in [2.45, 2.75) is 18.4 Å². The lowest BCUT2D eigenvalue weighted by Gasteiger charge is -2.22. The van der Waals surface area contributed by atoms with E-state index in [9.17, 15) is 45.7 Å². The van der Waals surface area contributed by atoms with Crippen molar-refractivity contribution in [3.8, 4) is 23.0 Å². The number of rotatable bonds is 6. The van der Waals surface area contributed by atoms with E-state index < -0.39 is 64.3 Å². The Bertz CT molecular complexity index is 984. The lowest BCUT2D eigenvalue weighted by Crippen LogP contribution is -2.35. The molecule has 31 heavy (non-hydrogen) atoms. The van der Waals surface area contributed by atoms with Gasteiger partial charge in [-0.05, 0) is 24.3 Å². The first-order valence-corrected chi connectivity index (χ1v) is 7.82. The summed E-state index contributed by atoms with van der Waals surface area (Å²) in [7, 11) is 0.635. The van der Waals surface area contributed by atoms with Crippen LogP contribution in [0.5, 0.6) is 23.0 Å². The van der Waals surface area contributed by atoms with Crippen LogP contribution < -0.4 is 14.2 Å². The van der Waals surface area contributed by atoms with Crippen LogP contribution in [-0.2, 0) is 6.18 Å². The van der Waals surface area contributed by atoms with Crippen LogP contribution in [0.15, 0.2) is 30.3 Å². The van der Waals surface area contributed by atoms with Gasteiger partial charge in [-0.15, -0.1) is 13.2 Å². The number of hydrogen-bond acceptors (Lipinski definition) is 6. The first-order chi connectivity index (χ1) is 14.0. The molecule has 7 nitrogen and oxygen atoms in total. The summed E-state index contributed by atoms with van der Waals surface area (Å²) in [5.41, 5.74) is -2.95. The molecule has 15 heteroatoms. The molecule has 0 aliphatic heterocycles. The van der Waals surface area contributed by atoms with Gasteiger partial charge in [0.1, 0.15) is 22.9 Å². The lowest BCUT2D eigenvalue weighted by atomic mass is 10.1. The first kappa shape index (κ1) is 24.1. The molecule has 2 aromatic rings. The maximum atomic E-state index is 13.7. The van der Waals surface area contributed by atoms with Gasteiger partial charge in [0.25, 0.3) is 5.87 Å². The maximum Gasteiger partial charge on any atom is 0.573 e. The number of carbonyl (C=O) groups is 1. The Morgan fingerprint density at radius 3 is 2.00 bits per heavy atom. The van der Waals surface area contributed by atoms with Crippen LogP contribution in [0, 0.1) is 5.82 Å². The second-order valence-corrected chi connectivity index (χ2v) is 5.93. The number of ether oxygens (including phenoxy) is 3. The van der Waals surface area contributed by atoms with Crippen LogP contribution in [-0.4, -0.2) is 41.4 Å². The van der Waals surface area contributed by atoms with Crippen molar-refractivity contribution >= 4 is 13.8 Å². The molecular formula is C16H10BF7O7. The summed E-state index contributed by atoms with van der Waals surface area (Å²) in [4.78, 5) is 11.3. The third-order valence-electron chi connectivity index (χ3n) is 3.28. The Kier molecular flexibility index (Phi) is 6.33. The van der Waals surface area contributed by atoms with E-state index in [1.54, 1.807) is 0 Å². The zero-order valence-electron chi connectivity index (χ0n) is 15.0. The normalized spacial score (nSPS) is 12.4. The summed E-state index contributed by atoms with van der Waals surface area (Å²) in [5, 5.41) is 27.8. The topological polar surface area (TPSA) is 105 Å². The van der Waals surface area contributed by atoms with E-state index in [0.717, 1.165) is 0 Å². The van der Waals surface area contributed by atoms with Crippen molar-refractivity contribution in [2.75, 3.05) is 0 Å². The Balaban J connectivity index is 2.59. The van der Waals surface area contributed by atoms with Gasteiger partial charge in [-0.1, -0.05) is 0 Å². The number of aromatic carboxylic acids is 1. The fourth-order valence-electron chi connectivity index (χ4n) is 2.20. The molecule has 0 fully saturated rings. The monoisotopic (exact) mass is 458 g/mol. The Morgan fingerprint density at radius 2 is 1.52 bits per heavy atom. The van der Waals surface area contributed by atoms with Gasteiger partial charge in [0.2, 0.25) is 7.85 Å². The average Bonchev–Trinajstić information content (AvgIpc) is 2.54. The Labute approximate surface area is 168 Å². The van der Waals surface area contributed by atoms with Gasteiger partial charge in [-0.25, -0.2) is 9.18 Å². The lowest BCUT2D eigenvalue weighted by molar-refractivity contribution is -0.274. The van der Waals surface area contributed by atoms with Crippen molar-refractivity contribution in [3.63, 3.8) is 0 Å². The number of aliphatic hydroxyl groups is 2. The molecule has 0 aromatic heterocycles. The number of hydrogen-bond donors (Lipinski definition) is 3. The van der Waals surface area contributed by atoms with Gasteiger partial charge in [0.15, 0.2) is 11.5 Å². The van der Waals surface area contributed by atoms with E-state index >= 15 is 0 Å². The third kappa shape index (κ3) is 6.65. The highest BCUT2D eigenvalue weighted by molar-refractivity contribution is 6.12. The highest BCUT2D eigenvalue weighted by Gasteiger charge is 2.36. The fourth-order valence-corrected chi connectivity index (χ4v) is 2.20. The van der Waals surface area contributed by atoms with Crippen molar-refractivity contribution in [3.05, 3.63) is 47.3 Å². The van der Waals surface area contributed by atoms with Gasteiger partial charge in [0.05, 0.1) is 5.56 Å². The molecule has 3 N–H and O–H groups in total. The Morgan fingerprint density at radius 1 is 0.903 bits per heavy atom. The smallest absolute Gasteiger partial charge is 0.478 e. The summed E-state index contributed by atoms with van der Waals surface area (Å²) in [5.74, 6) is -10.4. The molecular weight excluding hydrogens is 448 g/mol. The summed E-state index contributed by atoms with van der Waals surface area (Å²) >= 11 is 0. The highest BCUT2D eigenvalue weighted by Crippen LogP contribution is 2.41. The summed E-state index contributed by atoms with van der Waals surface area (Å²) < 4.78 is 103.